The van der Waals surface area contributed by atoms with Crippen molar-refractivity contribution in [3.05, 3.63) is 94.8 Å². The molecule has 1 N–H and O–H groups in total. The molecule has 250 valence electrons. The van der Waals surface area contributed by atoms with E-state index in [2.05, 4.69) is 40.7 Å². The third kappa shape index (κ3) is 8.96. The first-order valence-corrected chi connectivity index (χ1v) is 16.4. The van der Waals surface area contributed by atoms with Crippen LogP contribution in [0.15, 0.2) is 66.7 Å². The quantitative estimate of drug-likeness (QED) is 0.369. The van der Waals surface area contributed by atoms with E-state index in [0.29, 0.717) is 49.2 Å². The predicted octanol–water partition coefficient (Wildman–Crippen LogP) is 5.00. The van der Waals surface area contributed by atoms with E-state index in [9.17, 15) is 18.8 Å². The number of fused-ring (bicyclic) bond motifs is 1. The van der Waals surface area contributed by atoms with Gasteiger partial charge in [-0.3, -0.25) is 24.7 Å². The third-order valence-corrected chi connectivity index (χ3v) is 9.38. The number of hydrogen-bond donors (Lipinski definition) is 1. The maximum Gasteiger partial charge on any atom is 0.265 e. The number of nitrogens with zero attached hydrogens (tertiary/aromatic N) is 3. The van der Waals surface area contributed by atoms with Gasteiger partial charge in [0, 0.05) is 56.7 Å². The molecule has 3 aliphatic rings. The number of benzene rings is 3. The minimum atomic E-state index is -0.369. The van der Waals surface area contributed by atoms with Gasteiger partial charge in [0.25, 0.3) is 5.91 Å². The van der Waals surface area contributed by atoms with Crippen LogP contribution >= 0.6 is 0 Å². The summed E-state index contributed by atoms with van der Waals surface area (Å²) in [6.07, 6.45) is 4.19. The molecule has 0 bridgehead atoms. The topological polar surface area (TPSA) is 91.4 Å². The highest BCUT2D eigenvalue weighted by Crippen LogP contribution is 2.39. The molecule has 2 heterocycles. The second-order valence-corrected chi connectivity index (χ2v) is 12.5. The van der Waals surface area contributed by atoms with Crippen molar-refractivity contribution in [3.63, 3.8) is 0 Å². The van der Waals surface area contributed by atoms with Crippen LogP contribution in [-0.2, 0) is 17.8 Å². The van der Waals surface area contributed by atoms with Gasteiger partial charge in [-0.25, -0.2) is 9.40 Å². The maximum atomic E-state index is 12.9. The zero-order valence-electron chi connectivity index (χ0n) is 27.5. The number of amides is 2. The van der Waals surface area contributed by atoms with Crippen LogP contribution in [0, 0.1) is 17.7 Å². The molecule has 3 aromatic carbocycles. The average molecular weight is 645 g/mol. The standard InChI is InChI=1S/C24H29NO3.C13H16FN3O2/c1-27-22-14-19-13-20(24(26)21(19)15-23(22)28-2)12-17-8-10-25(11-9-17)16-18-6-4-3-5-7-18;1-10(18)16-6-8-17(9-7-16)15-13(19)11-2-4-12(14)5-3-11/h3-7,14-15,17,20H,8-13,16H2,1-2H3;2-5H,6-9H2,1H3,(H,15,19). The molecule has 0 spiro atoms. The normalized spacial score (nSPS) is 18.6. The SMILES string of the molecule is CC(=O)N1CCN(NC(=O)c2ccc(F)cc2)CC1.COc1cc2c(cc1OC)C(=O)C(CC1CCN(Cc3ccccc3)CC1)C2. The number of carbonyl (C=O) groups excluding carboxylic acids is 3. The van der Waals surface area contributed by atoms with E-state index in [1.165, 1.54) is 49.6 Å². The fraction of sp³-hybridized carbons (Fsp3) is 0.432. The highest BCUT2D eigenvalue weighted by Gasteiger charge is 2.34. The lowest BCUT2D eigenvalue weighted by atomic mass is 9.85. The van der Waals surface area contributed by atoms with Gasteiger partial charge in [-0.05, 0) is 92.2 Å². The Morgan fingerprint density at radius 2 is 1.51 bits per heavy atom. The van der Waals surface area contributed by atoms with E-state index in [-0.39, 0.29) is 29.3 Å². The van der Waals surface area contributed by atoms with Crippen molar-refractivity contribution >= 4 is 17.6 Å². The van der Waals surface area contributed by atoms with Gasteiger partial charge in [-0.1, -0.05) is 30.3 Å². The summed E-state index contributed by atoms with van der Waals surface area (Å²) >= 11 is 0. The number of carbonyl (C=O) groups is 3. The van der Waals surface area contributed by atoms with Gasteiger partial charge in [0.1, 0.15) is 5.82 Å². The van der Waals surface area contributed by atoms with Crippen LogP contribution in [0.5, 0.6) is 11.5 Å². The molecule has 2 fully saturated rings. The molecule has 2 amide bonds. The summed E-state index contributed by atoms with van der Waals surface area (Å²) in [4.78, 5) is 40.3. The van der Waals surface area contributed by atoms with Gasteiger partial charge in [0.2, 0.25) is 5.91 Å². The lowest BCUT2D eigenvalue weighted by Crippen LogP contribution is -2.54. The Morgan fingerprint density at radius 1 is 0.872 bits per heavy atom. The van der Waals surface area contributed by atoms with Crippen LogP contribution in [0.25, 0.3) is 0 Å². The summed E-state index contributed by atoms with van der Waals surface area (Å²) in [5.41, 5.74) is 6.47. The van der Waals surface area contributed by atoms with Gasteiger partial charge in [-0.15, -0.1) is 0 Å². The molecule has 9 nitrogen and oxygen atoms in total. The zero-order chi connectivity index (χ0) is 33.3. The van der Waals surface area contributed by atoms with Crippen molar-refractivity contribution in [3.8, 4) is 11.5 Å². The molecule has 47 heavy (non-hydrogen) atoms. The lowest BCUT2D eigenvalue weighted by Gasteiger charge is -2.34. The number of piperazine rings is 1. The summed E-state index contributed by atoms with van der Waals surface area (Å²) in [6, 6.07) is 19.9. The second-order valence-electron chi connectivity index (χ2n) is 12.5. The van der Waals surface area contributed by atoms with E-state index in [1.54, 1.807) is 24.1 Å². The molecule has 3 aromatic rings. The number of halogens is 1. The highest BCUT2D eigenvalue weighted by molar-refractivity contribution is 6.03. The summed E-state index contributed by atoms with van der Waals surface area (Å²) in [5.74, 6) is 1.79. The zero-order valence-corrected chi connectivity index (χ0v) is 27.5. The molecule has 1 aliphatic carbocycles. The van der Waals surface area contributed by atoms with Crippen molar-refractivity contribution in [1.29, 1.82) is 0 Å². The van der Waals surface area contributed by atoms with Gasteiger partial charge < -0.3 is 14.4 Å². The minimum absolute atomic E-state index is 0.0458. The smallest absolute Gasteiger partial charge is 0.265 e. The average Bonchev–Trinajstić information content (AvgIpc) is 3.39. The number of Topliss-reactive ketones (excluding diaryl/α,β-unsaturated/α-hetero) is 1. The molecule has 10 heteroatoms. The first-order valence-electron chi connectivity index (χ1n) is 16.4. The van der Waals surface area contributed by atoms with E-state index in [0.717, 1.165) is 43.6 Å². The number of likely N-dealkylation sites (tertiary alicyclic amines) is 1. The van der Waals surface area contributed by atoms with E-state index in [4.69, 9.17) is 9.47 Å². The largest absolute Gasteiger partial charge is 0.493 e. The van der Waals surface area contributed by atoms with Gasteiger partial charge >= 0.3 is 0 Å². The Kier molecular flexibility index (Phi) is 11.6. The fourth-order valence-electron chi connectivity index (χ4n) is 6.65. The Balaban J connectivity index is 0.000000199. The lowest BCUT2D eigenvalue weighted by molar-refractivity contribution is -0.130. The van der Waals surface area contributed by atoms with Gasteiger partial charge in [0.05, 0.1) is 14.2 Å². The molecule has 6 rings (SSSR count). The number of nitrogens with one attached hydrogen (secondary N) is 1. The number of hydrazine groups is 1. The molecule has 0 radical (unpaired) electrons. The minimum Gasteiger partial charge on any atom is -0.493 e. The van der Waals surface area contributed by atoms with Gasteiger partial charge in [0.15, 0.2) is 17.3 Å². The molecular formula is C37H45FN4O5. The summed E-state index contributed by atoms with van der Waals surface area (Å²) < 4.78 is 23.5. The Bertz CT molecular complexity index is 1520. The first kappa shape index (κ1) is 34.1. The first-order chi connectivity index (χ1) is 22.7. The van der Waals surface area contributed by atoms with Crippen molar-refractivity contribution in [2.24, 2.45) is 11.8 Å². The Hall–Kier alpha value is -4.28. The van der Waals surface area contributed by atoms with E-state index in [1.807, 2.05) is 12.1 Å². The highest BCUT2D eigenvalue weighted by atomic mass is 19.1. The summed E-state index contributed by atoms with van der Waals surface area (Å²) in [6.45, 7) is 7.18. The van der Waals surface area contributed by atoms with E-state index < -0.39 is 0 Å². The van der Waals surface area contributed by atoms with Crippen molar-refractivity contribution < 1.29 is 28.2 Å². The molecule has 2 saturated heterocycles. The monoisotopic (exact) mass is 644 g/mol. The molecular weight excluding hydrogens is 599 g/mol. The van der Waals surface area contributed by atoms with Crippen LogP contribution in [0.4, 0.5) is 4.39 Å². The fourth-order valence-corrected chi connectivity index (χ4v) is 6.65. The molecule has 0 aromatic heterocycles. The second kappa shape index (κ2) is 16.0. The Morgan fingerprint density at radius 3 is 2.13 bits per heavy atom. The van der Waals surface area contributed by atoms with Crippen LogP contribution < -0.4 is 14.9 Å². The number of ketones is 1. The third-order valence-electron chi connectivity index (χ3n) is 9.38. The summed E-state index contributed by atoms with van der Waals surface area (Å²) in [5, 5.41) is 1.77. The number of hydrogen-bond acceptors (Lipinski definition) is 7. The van der Waals surface area contributed by atoms with Gasteiger partial charge in [-0.2, -0.15) is 0 Å². The van der Waals surface area contributed by atoms with Crippen LogP contribution in [0.3, 0.4) is 0 Å². The van der Waals surface area contributed by atoms with Crippen molar-refractivity contribution in [1.82, 2.24) is 20.2 Å². The van der Waals surface area contributed by atoms with Crippen LogP contribution in [-0.4, -0.2) is 85.9 Å². The molecule has 1 atom stereocenters. The van der Waals surface area contributed by atoms with E-state index >= 15 is 0 Å². The van der Waals surface area contributed by atoms with Crippen molar-refractivity contribution in [2.45, 2.75) is 39.2 Å². The number of piperidine rings is 1. The summed E-state index contributed by atoms with van der Waals surface area (Å²) in [7, 11) is 3.26. The number of ether oxygens (including phenoxy) is 2. The van der Waals surface area contributed by atoms with Crippen molar-refractivity contribution in [2.75, 3.05) is 53.5 Å². The Labute approximate surface area is 276 Å². The maximum absolute atomic E-state index is 12.9. The van der Waals surface area contributed by atoms with Crippen LogP contribution in [0.1, 0.15) is 58.0 Å². The number of rotatable bonds is 8. The number of methoxy groups -OCH3 is 2. The molecule has 1 unspecified atom stereocenters. The van der Waals surface area contributed by atoms with Crippen LogP contribution in [0.2, 0.25) is 0 Å². The molecule has 2 aliphatic heterocycles. The molecule has 0 saturated carbocycles. The predicted molar refractivity (Wildman–Crippen MR) is 178 cm³/mol.